The van der Waals surface area contributed by atoms with Gasteiger partial charge in [-0.15, -0.1) is 0 Å². The number of hydrogen-bond donors (Lipinski definition) is 1. The predicted molar refractivity (Wildman–Crippen MR) is 113 cm³/mol. The molecular weight excluding hydrogens is 403 g/mol. The van der Waals surface area contributed by atoms with E-state index in [-0.39, 0.29) is 30.3 Å². The smallest absolute Gasteiger partial charge is 0.290 e. The third kappa shape index (κ3) is 5.48. The van der Waals surface area contributed by atoms with Crippen LogP contribution in [0.1, 0.15) is 24.4 Å². The number of carbonyl (C=O) groups excluding carboxylic acids is 1. The Morgan fingerprint density at radius 1 is 1.32 bits per heavy atom. The van der Waals surface area contributed by atoms with Gasteiger partial charge >= 0.3 is 0 Å². The predicted octanol–water partition coefficient (Wildman–Crippen LogP) is 2.19. The molecule has 2 saturated heterocycles. The lowest BCUT2D eigenvalue weighted by Crippen LogP contribution is -2.47. The number of aryl methyl sites for hydroxylation is 1. The van der Waals surface area contributed by atoms with Crippen LogP contribution in [0.3, 0.4) is 0 Å². The number of carbonyl (C=O) groups is 2. The Morgan fingerprint density at radius 2 is 2.06 bits per heavy atom. The van der Waals surface area contributed by atoms with Gasteiger partial charge in [-0.3, -0.25) is 14.5 Å². The van der Waals surface area contributed by atoms with Crippen molar-refractivity contribution in [2.45, 2.75) is 38.0 Å². The molecule has 1 aromatic carbocycles. The second-order valence-corrected chi connectivity index (χ2v) is 8.23. The van der Waals surface area contributed by atoms with Crippen LogP contribution in [0.4, 0.5) is 4.39 Å². The van der Waals surface area contributed by atoms with Crippen LogP contribution in [0.25, 0.3) is 11.4 Å². The number of hydrogen-bond acceptors (Lipinski definition) is 5. The van der Waals surface area contributed by atoms with Gasteiger partial charge in [0.25, 0.3) is 6.47 Å². The fourth-order valence-corrected chi connectivity index (χ4v) is 4.31. The lowest BCUT2D eigenvalue weighted by atomic mass is 10.1. The first-order valence-electron chi connectivity index (χ1n) is 10.3. The minimum absolute atomic E-state index is 0.0574. The summed E-state index contributed by atoms with van der Waals surface area (Å²) >= 11 is 0. The second kappa shape index (κ2) is 10.0. The summed E-state index contributed by atoms with van der Waals surface area (Å²) in [7, 11) is 3.54. The Bertz CT molecular complexity index is 896. The SMILES string of the molecule is Cc1cc(F)cc(-c2nccn2[C@@H]2C[C@H]3CO[C@@H](CC(=O)N(C)C)CN3C2)c1.O=CO. The highest BCUT2D eigenvalue weighted by Gasteiger charge is 2.39. The Labute approximate surface area is 181 Å². The van der Waals surface area contributed by atoms with Crippen molar-refractivity contribution in [2.24, 2.45) is 0 Å². The molecule has 0 spiro atoms. The van der Waals surface area contributed by atoms with E-state index in [9.17, 15) is 9.18 Å². The van der Waals surface area contributed by atoms with Crippen molar-refractivity contribution in [3.05, 3.63) is 42.0 Å². The number of nitrogens with zero attached hydrogens (tertiary/aromatic N) is 4. The zero-order valence-corrected chi connectivity index (χ0v) is 18.1. The molecule has 2 aliphatic heterocycles. The fourth-order valence-electron chi connectivity index (χ4n) is 4.31. The molecule has 1 N–H and O–H groups in total. The van der Waals surface area contributed by atoms with Gasteiger partial charge < -0.3 is 19.3 Å². The highest BCUT2D eigenvalue weighted by molar-refractivity contribution is 5.76. The molecule has 1 aromatic heterocycles. The van der Waals surface area contributed by atoms with Crippen molar-refractivity contribution >= 4 is 12.4 Å². The minimum atomic E-state index is -0.250. The quantitative estimate of drug-likeness (QED) is 0.746. The summed E-state index contributed by atoms with van der Waals surface area (Å²) in [6, 6.07) is 5.65. The molecule has 3 heterocycles. The largest absolute Gasteiger partial charge is 0.483 e. The summed E-state index contributed by atoms with van der Waals surface area (Å²) in [6.45, 7) is 3.94. The number of fused-ring (bicyclic) bond motifs is 1. The number of amides is 1. The standard InChI is InChI=1S/C21H27FN4O2.CH2O2/c1-14-6-15(8-16(22)7-14)21-23-4-5-26(21)17-9-18-13-28-19(12-25(18)11-17)10-20(27)24(2)3;2-1-3/h4-8,17-19H,9-13H2,1-3H3;1H,(H,2,3)/t17-,18+,19+;/m1./s1. The van der Waals surface area contributed by atoms with Crippen LogP contribution in [0.5, 0.6) is 0 Å². The first-order chi connectivity index (χ1) is 14.8. The maximum Gasteiger partial charge on any atom is 0.290 e. The van der Waals surface area contributed by atoms with Crippen molar-refractivity contribution in [3.63, 3.8) is 0 Å². The van der Waals surface area contributed by atoms with Gasteiger partial charge in [-0.25, -0.2) is 9.37 Å². The van der Waals surface area contributed by atoms with Gasteiger partial charge in [0.1, 0.15) is 11.6 Å². The van der Waals surface area contributed by atoms with Crippen LogP contribution in [0.15, 0.2) is 30.6 Å². The average Bonchev–Trinajstić information content (AvgIpc) is 3.34. The Balaban J connectivity index is 0.000000858. The highest BCUT2D eigenvalue weighted by atomic mass is 19.1. The molecule has 168 valence electrons. The van der Waals surface area contributed by atoms with E-state index in [4.69, 9.17) is 14.6 Å². The zero-order valence-electron chi connectivity index (χ0n) is 18.1. The molecule has 31 heavy (non-hydrogen) atoms. The van der Waals surface area contributed by atoms with Gasteiger partial charge in [0.15, 0.2) is 0 Å². The van der Waals surface area contributed by atoms with Crippen LogP contribution in [-0.2, 0) is 14.3 Å². The summed E-state index contributed by atoms with van der Waals surface area (Å²) in [5.74, 6) is 0.653. The average molecular weight is 432 g/mol. The lowest BCUT2D eigenvalue weighted by Gasteiger charge is -2.35. The van der Waals surface area contributed by atoms with E-state index in [0.29, 0.717) is 19.1 Å². The molecule has 0 unspecified atom stereocenters. The minimum Gasteiger partial charge on any atom is -0.483 e. The molecule has 2 aliphatic rings. The summed E-state index contributed by atoms with van der Waals surface area (Å²) in [6.07, 6.45) is 5.08. The van der Waals surface area contributed by atoms with E-state index in [2.05, 4.69) is 14.5 Å². The number of carboxylic acid groups (broad SMARTS) is 1. The number of rotatable bonds is 4. The number of aromatic nitrogens is 2. The molecule has 9 heteroatoms. The Hall–Kier alpha value is -2.78. The van der Waals surface area contributed by atoms with E-state index < -0.39 is 0 Å². The molecule has 4 rings (SSSR count). The molecule has 1 amide bonds. The molecular formula is C22H29FN4O4. The van der Waals surface area contributed by atoms with Crippen LogP contribution in [-0.4, -0.2) is 82.8 Å². The Kier molecular flexibility index (Phi) is 7.40. The van der Waals surface area contributed by atoms with E-state index in [1.165, 1.54) is 6.07 Å². The van der Waals surface area contributed by atoms with E-state index >= 15 is 0 Å². The first kappa shape index (κ1) is 22.9. The lowest BCUT2D eigenvalue weighted by molar-refractivity contribution is -0.134. The fraction of sp³-hybridized carbons (Fsp3) is 0.500. The normalized spacial score (nSPS) is 22.9. The van der Waals surface area contributed by atoms with Gasteiger partial charge in [-0.05, 0) is 37.1 Å². The zero-order chi connectivity index (χ0) is 22.5. The van der Waals surface area contributed by atoms with Gasteiger partial charge in [0.05, 0.1) is 19.1 Å². The monoisotopic (exact) mass is 432 g/mol. The third-order valence-corrected chi connectivity index (χ3v) is 5.73. The van der Waals surface area contributed by atoms with Crippen molar-refractivity contribution < 1.29 is 23.8 Å². The molecule has 0 bridgehead atoms. The van der Waals surface area contributed by atoms with Gasteiger partial charge in [0.2, 0.25) is 5.91 Å². The number of imidazole rings is 1. The van der Waals surface area contributed by atoms with Gasteiger partial charge in [-0.1, -0.05) is 0 Å². The summed E-state index contributed by atoms with van der Waals surface area (Å²) in [5, 5.41) is 6.89. The maximum atomic E-state index is 13.9. The summed E-state index contributed by atoms with van der Waals surface area (Å²) in [5.41, 5.74) is 1.69. The molecule has 0 saturated carbocycles. The Morgan fingerprint density at radius 3 is 2.74 bits per heavy atom. The first-order valence-corrected chi connectivity index (χ1v) is 10.3. The van der Waals surface area contributed by atoms with Crippen molar-refractivity contribution in [1.29, 1.82) is 0 Å². The number of halogens is 1. The molecule has 3 atom stereocenters. The molecule has 8 nitrogen and oxygen atoms in total. The van der Waals surface area contributed by atoms with Gasteiger partial charge in [0, 0.05) is 57.2 Å². The van der Waals surface area contributed by atoms with Crippen molar-refractivity contribution in [3.8, 4) is 11.4 Å². The molecule has 2 aromatic rings. The van der Waals surface area contributed by atoms with Gasteiger partial charge in [-0.2, -0.15) is 0 Å². The molecule has 0 aliphatic carbocycles. The number of benzene rings is 1. The number of ether oxygens (including phenoxy) is 1. The van der Waals surface area contributed by atoms with Crippen LogP contribution < -0.4 is 0 Å². The summed E-state index contributed by atoms with van der Waals surface area (Å²) in [4.78, 5) is 28.9. The van der Waals surface area contributed by atoms with Crippen molar-refractivity contribution in [2.75, 3.05) is 33.8 Å². The molecule has 0 radical (unpaired) electrons. The van der Waals surface area contributed by atoms with Crippen LogP contribution in [0, 0.1) is 12.7 Å². The highest BCUT2D eigenvalue weighted by Crippen LogP contribution is 2.34. The van der Waals surface area contributed by atoms with E-state index in [1.807, 2.05) is 19.2 Å². The maximum absolute atomic E-state index is 13.9. The molecule has 2 fully saturated rings. The van der Waals surface area contributed by atoms with Crippen LogP contribution in [0.2, 0.25) is 0 Å². The van der Waals surface area contributed by atoms with E-state index in [1.54, 1.807) is 31.3 Å². The topological polar surface area (TPSA) is 87.9 Å². The second-order valence-electron chi connectivity index (χ2n) is 8.23. The van der Waals surface area contributed by atoms with Crippen LogP contribution >= 0.6 is 0 Å². The van der Waals surface area contributed by atoms with Crippen molar-refractivity contribution in [1.82, 2.24) is 19.4 Å². The van der Waals surface area contributed by atoms with E-state index in [0.717, 1.165) is 36.5 Å². The summed E-state index contributed by atoms with van der Waals surface area (Å²) < 4.78 is 22.0. The number of morpholine rings is 1. The third-order valence-electron chi connectivity index (χ3n) is 5.73.